The molecule has 144 valence electrons. The van der Waals surface area contributed by atoms with E-state index in [1.54, 1.807) is 30.3 Å². The predicted molar refractivity (Wildman–Crippen MR) is 119 cm³/mol. The Morgan fingerprint density at radius 2 is 1.69 bits per heavy atom. The van der Waals surface area contributed by atoms with Gasteiger partial charge in [0.25, 0.3) is 5.56 Å². The molecular weight excluding hydrogens is 362 g/mol. The molecule has 5 heteroatoms. The lowest BCUT2D eigenvalue weighted by Gasteiger charge is -2.15. The molecule has 0 fully saturated rings. The van der Waals surface area contributed by atoms with Crippen molar-refractivity contribution in [3.8, 4) is 11.4 Å². The van der Waals surface area contributed by atoms with Crippen LogP contribution in [-0.4, -0.2) is 28.8 Å². The summed E-state index contributed by atoms with van der Waals surface area (Å²) < 4.78 is 1.52. The summed E-state index contributed by atoms with van der Waals surface area (Å²) in [5.74, 6) is 0.586. The van der Waals surface area contributed by atoms with Gasteiger partial charge in [-0.25, -0.2) is 4.98 Å². The van der Waals surface area contributed by atoms with Crippen LogP contribution in [-0.2, 0) is 0 Å². The molecule has 0 saturated carbocycles. The quantitative estimate of drug-likeness (QED) is 0.570. The van der Waals surface area contributed by atoms with Gasteiger partial charge in [-0.2, -0.15) is 0 Å². The molecule has 0 amide bonds. The molecular formula is C24H21N3O2. The predicted octanol–water partition coefficient (Wildman–Crippen LogP) is 4.33. The minimum atomic E-state index is -0.179. The summed E-state index contributed by atoms with van der Waals surface area (Å²) in [4.78, 5) is 20.0. The summed E-state index contributed by atoms with van der Waals surface area (Å²) in [7, 11) is 3.98. The maximum Gasteiger partial charge on any atom is 0.266 e. The van der Waals surface area contributed by atoms with Gasteiger partial charge in [0.1, 0.15) is 11.6 Å². The highest BCUT2D eigenvalue weighted by molar-refractivity contribution is 5.81. The molecule has 4 aromatic rings. The van der Waals surface area contributed by atoms with E-state index in [-0.39, 0.29) is 11.3 Å². The Morgan fingerprint density at radius 1 is 0.931 bits per heavy atom. The number of aromatic nitrogens is 2. The van der Waals surface area contributed by atoms with E-state index >= 15 is 0 Å². The Bertz CT molecular complexity index is 1270. The van der Waals surface area contributed by atoms with Crippen molar-refractivity contribution >= 4 is 28.7 Å². The molecule has 0 radical (unpaired) electrons. The van der Waals surface area contributed by atoms with Crippen LogP contribution in [0.3, 0.4) is 0 Å². The van der Waals surface area contributed by atoms with Gasteiger partial charge >= 0.3 is 0 Å². The molecule has 0 spiro atoms. The van der Waals surface area contributed by atoms with E-state index in [9.17, 15) is 9.90 Å². The summed E-state index contributed by atoms with van der Waals surface area (Å²) in [5.41, 5.74) is 3.10. The monoisotopic (exact) mass is 383 g/mol. The van der Waals surface area contributed by atoms with Crippen LogP contribution in [0.1, 0.15) is 11.4 Å². The Balaban J connectivity index is 1.94. The number of fused-ring (bicyclic) bond motifs is 1. The third kappa shape index (κ3) is 3.62. The lowest BCUT2D eigenvalue weighted by atomic mass is 10.1. The van der Waals surface area contributed by atoms with E-state index in [1.165, 1.54) is 4.57 Å². The van der Waals surface area contributed by atoms with Crippen LogP contribution in [0.15, 0.2) is 77.6 Å². The Kier molecular flexibility index (Phi) is 4.87. The number of benzene rings is 3. The van der Waals surface area contributed by atoms with Crippen molar-refractivity contribution in [1.29, 1.82) is 0 Å². The maximum atomic E-state index is 13.2. The number of anilines is 1. The van der Waals surface area contributed by atoms with E-state index < -0.39 is 0 Å². The molecule has 1 aromatic heterocycles. The molecule has 0 aliphatic heterocycles. The van der Waals surface area contributed by atoms with E-state index in [0.29, 0.717) is 22.4 Å². The van der Waals surface area contributed by atoms with Crippen molar-refractivity contribution in [3.63, 3.8) is 0 Å². The van der Waals surface area contributed by atoms with Crippen molar-refractivity contribution in [2.24, 2.45) is 0 Å². The van der Waals surface area contributed by atoms with Crippen LogP contribution in [0.4, 0.5) is 5.69 Å². The van der Waals surface area contributed by atoms with Crippen molar-refractivity contribution in [2.75, 3.05) is 19.0 Å². The summed E-state index contributed by atoms with van der Waals surface area (Å²) in [6, 6.07) is 21.9. The molecule has 0 unspecified atom stereocenters. The third-order valence-electron chi connectivity index (χ3n) is 4.72. The van der Waals surface area contributed by atoms with Crippen molar-refractivity contribution in [2.45, 2.75) is 0 Å². The van der Waals surface area contributed by atoms with Gasteiger partial charge in [0.2, 0.25) is 0 Å². The fraction of sp³-hybridized carbons (Fsp3) is 0.0833. The third-order valence-corrected chi connectivity index (χ3v) is 4.72. The zero-order valence-electron chi connectivity index (χ0n) is 16.3. The molecule has 0 atom stereocenters. The Hall–Kier alpha value is -3.86. The molecule has 1 N–H and O–H groups in total. The van der Waals surface area contributed by atoms with Crippen LogP contribution < -0.4 is 10.5 Å². The van der Waals surface area contributed by atoms with E-state index in [1.807, 2.05) is 73.6 Å². The van der Waals surface area contributed by atoms with Gasteiger partial charge < -0.3 is 10.0 Å². The largest absolute Gasteiger partial charge is 0.508 e. The Morgan fingerprint density at radius 3 is 2.48 bits per heavy atom. The molecule has 5 nitrogen and oxygen atoms in total. The highest BCUT2D eigenvalue weighted by Gasteiger charge is 2.11. The zero-order chi connectivity index (χ0) is 20.4. The molecule has 3 aromatic carbocycles. The molecule has 0 bridgehead atoms. The van der Waals surface area contributed by atoms with Crippen LogP contribution >= 0.6 is 0 Å². The summed E-state index contributed by atoms with van der Waals surface area (Å²) >= 11 is 0. The average Bonchev–Trinajstić information content (AvgIpc) is 2.72. The standard InChI is InChI=1S/C24H21N3O2/c1-26(2)22-13-6-3-8-17(22)14-15-23-25-21-12-5-4-11-20(21)24(29)27(23)18-9-7-10-19(28)16-18/h3-16,28H,1-2H3/b15-14+. The average molecular weight is 383 g/mol. The maximum absolute atomic E-state index is 13.2. The van der Waals surface area contributed by atoms with Gasteiger partial charge in [-0.1, -0.05) is 36.4 Å². The number of phenols is 1. The Labute approximate surface area is 168 Å². The normalized spacial score (nSPS) is 11.2. The van der Waals surface area contributed by atoms with Crippen LogP contribution in [0.2, 0.25) is 0 Å². The summed E-state index contributed by atoms with van der Waals surface area (Å²) in [5, 5.41) is 10.4. The number of para-hydroxylation sites is 2. The summed E-state index contributed by atoms with van der Waals surface area (Å²) in [6.07, 6.45) is 3.78. The topological polar surface area (TPSA) is 58.4 Å². The first kappa shape index (κ1) is 18.5. The lowest BCUT2D eigenvalue weighted by molar-refractivity contribution is 0.475. The van der Waals surface area contributed by atoms with Crippen molar-refractivity contribution in [1.82, 2.24) is 9.55 Å². The zero-order valence-corrected chi connectivity index (χ0v) is 16.3. The van der Waals surface area contributed by atoms with Gasteiger partial charge in [0.05, 0.1) is 16.6 Å². The van der Waals surface area contributed by atoms with E-state index in [0.717, 1.165) is 11.3 Å². The number of hydrogen-bond acceptors (Lipinski definition) is 4. The lowest BCUT2D eigenvalue weighted by Crippen LogP contribution is -2.22. The van der Waals surface area contributed by atoms with Crippen LogP contribution in [0.25, 0.3) is 28.7 Å². The smallest absolute Gasteiger partial charge is 0.266 e. The second-order valence-corrected chi connectivity index (χ2v) is 6.93. The number of phenolic OH excluding ortho intramolecular Hbond substituents is 1. The fourth-order valence-corrected chi connectivity index (χ4v) is 3.34. The number of rotatable bonds is 4. The van der Waals surface area contributed by atoms with Gasteiger partial charge in [-0.3, -0.25) is 9.36 Å². The van der Waals surface area contributed by atoms with Crippen LogP contribution in [0.5, 0.6) is 5.75 Å². The minimum absolute atomic E-state index is 0.0930. The highest BCUT2D eigenvalue weighted by atomic mass is 16.3. The molecule has 29 heavy (non-hydrogen) atoms. The van der Waals surface area contributed by atoms with E-state index in [4.69, 9.17) is 4.98 Å². The highest BCUT2D eigenvalue weighted by Crippen LogP contribution is 2.22. The van der Waals surface area contributed by atoms with Gasteiger partial charge in [-0.05, 0) is 48.0 Å². The number of aromatic hydroxyl groups is 1. The SMILES string of the molecule is CN(C)c1ccccc1/C=C/c1nc2ccccc2c(=O)n1-c1cccc(O)c1. The van der Waals surface area contributed by atoms with Gasteiger partial charge in [-0.15, -0.1) is 0 Å². The second-order valence-electron chi connectivity index (χ2n) is 6.93. The fourth-order valence-electron chi connectivity index (χ4n) is 3.34. The minimum Gasteiger partial charge on any atom is -0.508 e. The molecule has 0 aliphatic rings. The molecule has 0 saturated heterocycles. The molecule has 0 aliphatic carbocycles. The van der Waals surface area contributed by atoms with Gasteiger partial charge in [0.15, 0.2) is 0 Å². The first-order chi connectivity index (χ1) is 14.0. The number of nitrogens with zero attached hydrogens (tertiary/aromatic N) is 3. The van der Waals surface area contributed by atoms with Crippen molar-refractivity contribution in [3.05, 3.63) is 94.5 Å². The first-order valence-electron chi connectivity index (χ1n) is 9.30. The van der Waals surface area contributed by atoms with Crippen molar-refractivity contribution < 1.29 is 5.11 Å². The molecule has 1 heterocycles. The van der Waals surface area contributed by atoms with Gasteiger partial charge in [0, 0.05) is 25.8 Å². The second kappa shape index (κ2) is 7.64. The van der Waals surface area contributed by atoms with Crippen LogP contribution in [0, 0.1) is 0 Å². The van der Waals surface area contributed by atoms with E-state index in [2.05, 4.69) is 0 Å². The summed E-state index contributed by atoms with van der Waals surface area (Å²) in [6.45, 7) is 0. The number of hydrogen-bond donors (Lipinski definition) is 1. The first-order valence-corrected chi connectivity index (χ1v) is 9.30. The molecule has 4 rings (SSSR count).